The van der Waals surface area contributed by atoms with Crippen LogP contribution in [0.15, 0.2) is 38.4 Å². The fraction of sp³-hybridized carbons (Fsp3) is 0.250. The summed E-state index contributed by atoms with van der Waals surface area (Å²) in [5.41, 5.74) is 0.833. The van der Waals surface area contributed by atoms with Crippen LogP contribution >= 0.6 is 27.7 Å². The topological polar surface area (TPSA) is 68.0 Å². The smallest absolute Gasteiger partial charge is 0.277 e. The normalized spacial score (nSPS) is 10.4. The van der Waals surface area contributed by atoms with Gasteiger partial charge in [-0.2, -0.15) is 0 Å². The minimum absolute atomic E-state index is 0.0480. The lowest BCUT2D eigenvalue weighted by molar-refractivity contribution is -0.118. The summed E-state index contributed by atoms with van der Waals surface area (Å²) in [5.74, 6) is 0.657. The summed E-state index contributed by atoms with van der Waals surface area (Å²) in [6, 6.07) is 7.59. The molecule has 1 aromatic carbocycles. The predicted octanol–water partition coefficient (Wildman–Crippen LogP) is 2.73. The number of carbonyl (C=O) groups is 1. The van der Waals surface area contributed by atoms with Crippen molar-refractivity contribution in [1.82, 2.24) is 15.5 Å². The van der Waals surface area contributed by atoms with E-state index in [2.05, 4.69) is 31.4 Å². The van der Waals surface area contributed by atoms with Gasteiger partial charge < -0.3 is 9.73 Å². The lowest BCUT2D eigenvalue weighted by atomic mass is 10.2. The van der Waals surface area contributed by atoms with Gasteiger partial charge in [-0.1, -0.05) is 23.9 Å². The second-order valence-corrected chi connectivity index (χ2v) is 5.38. The van der Waals surface area contributed by atoms with Gasteiger partial charge >= 0.3 is 0 Å². The molecule has 1 N–H and O–H groups in total. The summed E-state index contributed by atoms with van der Waals surface area (Å²) in [6.07, 6.45) is 0. The Morgan fingerprint density at radius 3 is 2.95 bits per heavy atom. The molecular formula is C12H12BrN3O2S. The molecule has 7 heteroatoms. The molecule has 0 spiro atoms. The molecule has 5 nitrogen and oxygen atoms in total. The highest BCUT2D eigenvalue weighted by molar-refractivity contribution is 9.10. The van der Waals surface area contributed by atoms with E-state index in [1.807, 2.05) is 31.2 Å². The van der Waals surface area contributed by atoms with Crippen LogP contribution in [0.4, 0.5) is 0 Å². The van der Waals surface area contributed by atoms with Gasteiger partial charge in [0.25, 0.3) is 5.22 Å². The first-order chi connectivity index (χ1) is 9.20. The van der Waals surface area contributed by atoms with Crippen LogP contribution in [0.1, 0.15) is 6.92 Å². The Hall–Kier alpha value is -1.34. The van der Waals surface area contributed by atoms with E-state index in [4.69, 9.17) is 4.42 Å². The average Bonchev–Trinajstić information content (AvgIpc) is 2.86. The van der Waals surface area contributed by atoms with E-state index >= 15 is 0 Å². The monoisotopic (exact) mass is 341 g/mol. The van der Waals surface area contributed by atoms with E-state index in [-0.39, 0.29) is 11.7 Å². The Labute approximate surface area is 123 Å². The molecule has 0 unspecified atom stereocenters. The Bertz CT molecular complexity index is 574. The fourth-order valence-corrected chi connectivity index (χ4v) is 2.43. The van der Waals surface area contributed by atoms with Crippen LogP contribution < -0.4 is 5.32 Å². The first-order valence-electron chi connectivity index (χ1n) is 5.68. The van der Waals surface area contributed by atoms with Crippen molar-refractivity contribution in [3.8, 4) is 11.5 Å². The number of nitrogens with one attached hydrogen (secondary N) is 1. The molecule has 1 heterocycles. The van der Waals surface area contributed by atoms with E-state index in [9.17, 15) is 4.79 Å². The van der Waals surface area contributed by atoms with E-state index < -0.39 is 0 Å². The summed E-state index contributed by atoms with van der Waals surface area (Å²) in [4.78, 5) is 11.3. The maximum atomic E-state index is 11.3. The van der Waals surface area contributed by atoms with Crippen LogP contribution in [0.5, 0.6) is 0 Å². The number of amides is 1. The molecule has 0 radical (unpaired) electrons. The van der Waals surface area contributed by atoms with Crippen LogP contribution in [0.3, 0.4) is 0 Å². The number of benzene rings is 1. The molecule has 1 aromatic heterocycles. The van der Waals surface area contributed by atoms with Gasteiger partial charge in [0.15, 0.2) is 0 Å². The van der Waals surface area contributed by atoms with Crippen LogP contribution in [0.2, 0.25) is 0 Å². The number of rotatable bonds is 5. The lowest BCUT2D eigenvalue weighted by Crippen LogP contribution is -2.24. The number of nitrogens with zero attached hydrogens (tertiary/aromatic N) is 2. The summed E-state index contributed by atoms with van der Waals surface area (Å²) in [7, 11) is 0. The molecule has 0 atom stereocenters. The van der Waals surface area contributed by atoms with Crippen LogP contribution in [0, 0.1) is 0 Å². The Kier molecular flexibility index (Phi) is 4.98. The third kappa shape index (κ3) is 3.81. The molecule has 0 saturated heterocycles. The maximum absolute atomic E-state index is 11.3. The molecule has 0 fully saturated rings. The maximum Gasteiger partial charge on any atom is 0.277 e. The van der Waals surface area contributed by atoms with Crippen molar-refractivity contribution in [2.24, 2.45) is 0 Å². The lowest BCUT2D eigenvalue weighted by Gasteiger charge is -1.98. The van der Waals surface area contributed by atoms with Gasteiger partial charge in [0.1, 0.15) is 0 Å². The molecule has 0 aliphatic heterocycles. The summed E-state index contributed by atoms with van der Waals surface area (Å²) >= 11 is 4.65. The molecule has 19 heavy (non-hydrogen) atoms. The Morgan fingerprint density at radius 1 is 1.42 bits per heavy atom. The van der Waals surface area contributed by atoms with E-state index in [0.29, 0.717) is 17.7 Å². The predicted molar refractivity (Wildman–Crippen MR) is 76.8 cm³/mol. The summed E-state index contributed by atoms with van der Waals surface area (Å²) in [6.45, 7) is 2.49. The van der Waals surface area contributed by atoms with Gasteiger partial charge in [0.05, 0.1) is 11.3 Å². The van der Waals surface area contributed by atoms with Gasteiger partial charge in [-0.05, 0) is 35.0 Å². The molecule has 2 aromatic rings. The molecule has 2 rings (SSSR count). The first-order valence-corrected chi connectivity index (χ1v) is 7.46. The highest BCUT2D eigenvalue weighted by Crippen LogP contribution is 2.28. The standard InChI is InChI=1S/C12H12BrN3O2S/c1-2-14-10(17)7-19-12-16-15-11(18-12)8-5-3-4-6-9(8)13/h3-6H,2,7H2,1H3,(H,14,17). The van der Waals surface area contributed by atoms with Gasteiger partial charge in [-0.25, -0.2) is 0 Å². The van der Waals surface area contributed by atoms with Crippen molar-refractivity contribution in [3.05, 3.63) is 28.7 Å². The quantitative estimate of drug-likeness (QED) is 0.847. The van der Waals surface area contributed by atoms with E-state index in [1.54, 1.807) is 0 Å². The van der Waals surface area contributed by atoms with Gasteiger partial charge in [0.2, 0.25) is 11.8 Å². The molecule has 0 saturated carbocycles. The van der Waals surface area contributed by atoms with Crippen molar-refractivity contribution in [3.63, 3.8) is 0 Å². The second-order valence-electron chi connectivity index (χ2n) is 3.60. The molecular weight excluding hydrogens is 330 g/mol. The van der Waals surface area contributed by atoms with Gasteiger partial charge in [-0.15, -0.1) is 10.2 Å². The molecule has 100 valence electrons. The minimum atomic E-state index is -0.0480. The second kappa shape index (κ2) is 6.72. The van der Waals surface area contributed by atoms with Crippen LogP contribution in [0.25, 0.3) is 11.5 Å². The van der Waals surface area contributed by atoms with Crippen molar-refractivity contribution in [1.29, 1.82) is 0 Å². The zero-order valence-electron chi connectivity index (χ0n) is 10.2. The summed E-state index contributed by atoms with van der Waals surface area (Å²) in [5, 5.41) is 11.0. The first kappa shape index (κ1) is 14.1. The zero-order valence-corrected chi connectivity index (χ0v) is 12.6. The van der Waals surface area contributed by atoms with Gasteiger partial charge in [0, 0.05) is 11.0 Å². The molecule has 0 bridgehead atoms. The number of hydrogen-bond acceptors (Lipinski definition) is 5. The zero-order chi connectivity index (χ0) is 13.7. The number of thioether (sulfide) groups is 1. The molecule has 0 aliphatic rings. The minimum Gasteiger partial charge on any atom is -0.411 e. The van der Waals surface area contributed by atoms with E-state index in [1.165, 1.54) is 11.8 Å². The largest absolute Gasteiger partial charge is 0.411 e. The highest BCUT2D eigenvalue weighted by Gasteiger charge is 2.12. The van der Waals surface area contributed by atoms with Crippen LogP contribution in [-0.4, -0.2) is 28.4 Å². The Balaban J connectivity index is 2.04. The molecule has 0 aliphatic carbocycles. The highest BCUT2D eigenvalue weighted by atomic mass is 79.9. The SMILES string of the molecule is CCNC(=O)CSc1nnc(-c2ccccc2Br)o1. The fourth-order valence-electron chi connectivity index (χ4n) is 1.39. The van der Waals surface area contributed by atoms with Crippen molar-refractivity contribution in [2.45, 2.75) is 12.1 Å². The third-order valence-corrected chi connectivity index (χ3v) is 3.72. The summed E-state index contributed by atoms with van der Waals surface area (Å²) < 4.78 is 6.40. The van der Waals surface area contributed by atoms with Crippen molar-refractivity contribution < 1.29 is 9.21 Å². The van der Waals surface area contributed by atoms with E-state index in [0.717, 1.165) is 10.0 Å². The third-order valence-electron chi connectivity index (χ3n) is 2.21. The average molecular weight is 342 g/mol. The van der Waals surface area contributed by atoms with Crippen LogP contribution in [-0.2, 0) is 4.79 Å². The van der Waals surface area contributed by atoms with Gasteiger partial charge in [-0.3, -0.25) is 4.79 Å². The number of aromatic nitrogens is 2. The number of hydrogen-bond donors (Lipinski definition) is 1. The number of carbonyl (C=O) groups excluding carboxylic acids is 1. The Morgan fingerprint density at radius 2 is 2.21 bits per heavy atom. The molecule has 1 amide bonds. The number of halogens is 1. The van der Waals surface area contributed by atoms with Crippen molar-refractivity contribution in [2.75, 3.05) is 12.3 Å². The van der Waals surface area contributed by atoms with Crippen molar-refractivity contribution >= 4 is 33.6 Å².